The third-order valence-electron chi connectivity index (χ3n) is 1.21. The monoisotopic (exact) mass is 152 g/mol. The normalized spacial score (nSPS) is 15.3. The second kappa shape index (κ2) is 5.89. The maximum absolute atomic E-state index is 4.72. The Labute approximate surface area is 66.8 Å². The Bertz CT molecular complexity index is 124. The summed E-state index contributed by atoms with van der Waals surface area (Å²) in [5.74, 6) is 0. The van der Waals surface area contributed by atoms with Crippen molar-refractivity contribution in [2.24, 2.45) is 0 Å². The molecule has 0 amide bonds. The van der Waals surface area contributed by atoms with Crippen LogP contribution in [0.2, 0.25) is 0 Å². The van der Waals surface area contributed by atoms with Gasteiger partial charge in [-0.05, 0) is 0 Å². The van der Waals surface area contributed by atoms with Crippen molar-refractivity contribution in [3.8, 4) is 0 Å². The van der Waals surface area contributed by atoms with Crippen molar-refractivity contribution >= 4 is 0 Å². The molecule has 2 heteroatoms. The molecule has 0 aromatic heterocycles. The molecule has 1 fully saturated rings. The van der Waals surface area contributed by atoms with E-state index in [0.717, 1.165) is 13.2 Å². The summed E-state index contributed by atoms with van der Waals surface area (Å²) < 4.78 is 9.44. The van der Waals surface area contributed by atoms with Crippen molar-refractivity contribution < 1.29 is 9.47 Å². The summed E-state index contributed by atoms with van der Waals surface area (Å²) >= 11 is 0. The molecule has 0 N–H and O–H groups in total. The van der Waals surface area contributed by atoms with E-state index in [1.165, 1.54) is 0 Å². The summed E-state index contributed by atoms with van der Waals surface area (Å²) in [4.78, 5) is 0. The maximum atomic E-state index is 4.72. The molecule has 0 spiro atoms. The fourth-order valence-electron chi connectivity index (χ4n) is 0.680. The first kappa shape index (κ1) is 8.24. The molecule has 0 radical (unpaired) electrons. The SMILES string of the molecule is C1COCO1.c1ccccc1. The van der Waals surface area contributed by atoms with Gasteiger partial charge in [0, 0.05) is 0 Å². The van der Waals surface area contributed by atoms with Gasteiger partial charge in [-0.3, -0.25) is 0 Å². The molecule has 1 saturated heterocycles. The molecule has 1 aromatic rings. The highest BCUT2D eigenvalue weighted by atomic mass is 16.7. The third kappa shape index (κ3) is 4.53. The van der Waals surface area contributed by atoms with E-state index in [9.17, 15) is 0 Å². The summed E-state index contributed by atoms with van der Waals surface area (Å²) in [6.07, 6.45) is 0. The topological polar surface area (TPSA) is 18.5 Å². The molecule has 60 valence electrons. The number of benzene rings is 1. The van der Waals surface area contributed by atoms with Crippen molar-refractivity contribution in [1.29, 1.82) is 0 Å². The molecular formula is C9H12O2. The zero-order valence-corrected chi connectivity index (χ0v) is 6.40. The summed E-state index contributed by atoms with van der Waals surface area (Å²) in [5, 5.41) is 0. The van der Waals surface area contributed by atoms with E-state index in [2.05, 4.69) is 0 Å². The van der Waals surface area contributed by atoms with Gasteiger partial charge in [0.25, 0.3) is 0 Å². The molecular weight excluding hydrogens is 140 g/mol. The highest BCUT2D eigenvalue weighted by Crippen LogP contribution is 1.85. The Morgan fingerprint density at radius 1 is 0.636 bits per heavy atom. The van der Waals surface area contributed by atoms with E-state index in [1.807, 2.05) is 36.4 Å². The van der Waals surface area contributed by atoms with Gasteiger partial charge in [0.2, 0.25) is 0 Å². The molecule has 1 heterocycles. The average Bonchev–Trinajstić information content (AvgIpc) is 2.64. The van der Waals surface area contributed by atoms with Crippen LogP contribution in [0, 0.1) is 0 Å². The van der Waals surface area contributed by atoms with Crippen LogP contribution in [-0.4, -0.2) is 20.0 Å². The van der Waals surface area contributed by atoms with Crippen LogP contribution in [0.15, 0.2) is 36.4 Å². The van der Waals surface area contributed by atoms with Crippen molar-refractivity contribution in [3.63, 3.8) is 0 Å². The van der Waals surface area contributed by atoms with Crippen LogP contribution in [0.4, 0.5) is 0 Å². The lowest BCUT2D eigenvalue weighted by atomic mass is 10.4. The molecule has 1 aliphatic rings. The van der Waals surface area contributed by atoms with Gasteiger partial charge in [-0.1, -0.05) is 36.4 Å². The largest absolute Gasteiger partial charge is 0.353 e. The zero-order chi connectivity index (χ0) is 7.78. The van der Waals surface area contributed by atoms with Gasteiger partial charge < -0.3 is 9.47 Å². The Kier molecular flexibility index (Phi) is 4.41. The number of rotatable bonds is 0. The van der Waals surface area contributed by atoms with Crippen LogP contribution in [0.1, 0.15) is 0 Å². The molecule has 0 bridgehead atoms. The van der Waals surface area contributed by atoms with Crippen LogP contribution in [0.3, 0.4) is 0 Å². The van der Waals surface area contributed by atoms with Gasteiger partial charge in [0.1, 0.15) is 6.79 Å². The summed E-state index contributed by atoms with van der Waals surface area (Å²) in [6.45, 7) is 2.06. The van der Waals surface area contributed by atoms with E-state index in [4.69, 9.17) is 9.47 Å². The van der Waals surface area contributed by atoms with Crippen LogP contribution >= 0.6 is 0 Å². The summed E-state index contributed by atoms with van der Waals surface area (Å²) in [5.41, 5.74) is 0. The highest BCUT2D eigenvalue weighted by Gasteiger charge is 1.93. The Morgan fingerprint density at radius 2 is 1.00 bits per heavy atom. The second-order valence-electron chi connectivity index (χ2n) is 2.09. The predicted octanol–water partition coefficient (Wildman–Crippen LogP) is 1.68. The summed E-state index contributed by atoms with van der Waals surface area (Å²) in [7, 11) is 0. The smallest absolute Gasteiger partial charge is 0.146 e. The van der Waals surface area contributed by atoms with Crippen molar-refractivity contribution in [2.45, 2.75) is 0 Å². The number of hydrogen-bond acceptors (Lipinski definition) is 2. The van der Waals surface area contributed by atoms with Crippen molar-refractivity contribution in [2.75, 3.05) is 20.0 Å². The van der Waals surface area contributed by atoms with Crippen LogP contribution in [0.5, 0.6) is 0 Å². The lowest BCUT2D eigenvalue weighted by Crippen LogP contribution is -1.79. The van der Waals surface area contributed by atoms with E-state index >= 15 is 0 Å². The van der Waals surface area contributed by atoms with Gasteiger partial charge in [-0.15, -0.1) is 0 Å². The molecule has 2 nitrogen and oxygen atoms in total. The third-order valence-corrected chi connectivity index (χ3v) is 1.21. The predicted molar refractivity (Wildman–Crippen MR) is 43.2 cm³/mol. The van der Waals surface area contributed by atoms with Gasteiger partial charge >= 0.3 is 0 Å². The minimum Gasteiger partial charge on any atom is -0.353 e. The first-order valence-corrected chi connectivity index (χ1v) is 3.65. The standard InChI is InChI=1S/C6H6.C3H6O2/c1-2-4-6-5-3-1;1-2-5-3-4-1/h1-6H;1-3H2. The van der Waals surface area contributed by atoms with Crippen LogP contribution in [-0.2, 0) is 9.47 Å². The number of hydrogen-bond donors (Lipinski definition) is 0. The molecule has 0 saturated carbocycles. The Balaban J connectivity index is 0.000000112. The van der Waals surface area contributed by atoms with E-state index < -0.39 is 0 Å². The highest BCUT2D eigenvalue weighted by molar-refractivity contribution is 4.99. The van der Waals surface area contributed by atoms with E-state index in [0.29, 0.717) is 6.79 Å². The molecule has 1 aromatic carbocycles. The molecule has 1 aliphatic heterocycles. The fourth-order valence-corrected chi connectivity index (χ4v) is 0.680. The lowest BCUT2D eigenvalue weighted by molar-refractivity contribution is 0.0692. The van der Waals surface area contributed by atoms with Gasteiger partial charge in [-0.25, -0.2) is 0 Å². The zero-order valence-electron chi connectivity index (χ0n) is 6.40. The minimum atomic E-state index is 0.500. The van der Waals surface area contributed by atoms with Crippen LogP contribution in [0.25, 0.3) is 0 Å². The Hall–Kier alpha value is -0.860. The van der Waals surface area contributed by atoms with Gasteiger partial charge in [-0.2, -0.15) is 0 Å². The molecule has 0 unspecified atom stereocenters. The Morgan fingerprint density at radius 3 is 1.18 bits per heavy atom. The number of ether oxygens (including phenoxy) is 2. The quantitative estimate of drug-likeness (QED) is 0.563. The first-order chi connectivity index (χ1) is 5.50. The fraction of sp³-hybridized carbons (Fsp3) is 0.333. The van der Waals surface area contributed by atoms with Crippen molar-refractivity contribution in [1.82, 2.24) is 0 Å². The van der Waals surface area contributed by atoms with Gasteiger partial charge in [0.05, 0.1) is 13.2 Å². The molecule has 0 aliphatic carbocycles. The average molecular weight is 152 g/mol. The molecule has 0 atom stereocenters. The molecule has 11 heavy (non-hydrogen) atoms. The van der Waals surface area contributed by atoms with E-state index in [-0.39, 0.29) is 0 Å². The lowest BCUT2D eigenvalue weighted by Gasteiger charge is -1.76. The molecule has 2 rings (SSSR count). The summed E-state index contributed by atoms with van der Waals surface area (Å²) in [6, 6.07) is 12.0. The van der Waals surface area contributed by atoms with E-state index in [1.54, 1.807) is 0 Å². The minimum absolute atomic E-state index is 0.500. The van der Waals surface area contributed by atoms with Crippen molar-refractivity contribution in [3.05, 3.63) is 36.4 Å². The second-order valence-corrected chi connectivity index (χ2v) is 2.09. The maximum Gasteiger partial charge on any atom is 0.146 e. The van der Waals surface area contributed by atoms with Crippen LogP contribution < -0.4 is 0 Å². The van der Waals surface area contributed by atoms with Gasteiger partial charge in [0.15, 0.2) is 0 Å². The first-order valence-electron chi connectivity index (χ1n) is 3.65.